The van der Waals surface area contributed by atoms with Gasteiger partial charge >= 0.3 is 0 Å². The Balaban J connectivity index is 1.61. The highest BCUT2D eigenvalue weighted by Crippen LogP contribution is 2.25. The molecular weight excluding hydrogens is 324 g/mol. The van der Waals surface area contributed by atoms with Crippen LogP contribution in [-0.2, 0) is 0 Å². The van der Waals surface area contributed by atoms with Gasteiger partial charge in [-0.05, 0) is 42.6 Å². The normalized spacial score (nSPS) is 12.2. The lowest BCUT2D eigenvalue weighted by molar-refractivity contribution is 0.106. The van der Waals surface area contributed by atoms with Crippen LogP contribution in [0.2, 0.25) is 0 Å². The Bertz CT molecular complexity index is 631. The van der Waals surface area contributed by atoms with Crippen molar-refractivity contribution in [3.63, 3.8) is 0 Å². The third kappa shape index (κ3) is 6.70. The second kappa shape index (κ2) is 10.8. The van der Waals surface area contributed by atoms with E-state index >= 15 is 0 Å². The first-order valence-corrected chi connectivity index (χ1v) is 9.44. The van der Waals surface area contributed by atoms with E-state index in [9.17, 15) is 5.11 Å². The van der Waals surface area contributed by atoms with Gasteiger partial charge in [-0.25, -0.2) is 0 Å². The van der Waals surface area contributed by atoms with Gasteiger partial charge in [0.2, 0.25) is 0 Å². The lowest BCUT2D eigenvalue weighted by Crippen LogP contribution is -2.33. The van der Waals surface area contributed by atoms with Gasteiger partial charge in [-0.1, -0.05) is 50.2 Å². The van der Waals surface area contributed by atoms with Gasteiger partial charge in [0.15, 0.2) is 0 Å². The molecule has 142 valence electrons. The molecule has 0 unspecified atom stereocenters. The number of hydrogen-bond donors (Lipinski definition) is 2. The van der Waals surface area contributed by atoms with Crippen LogP contribution in [0, 0.1) is 0 Å². The molecule has 0 fully saturated rings. The molecule has 26 heavy (non-hydrogen) atoms. The smallest absolute Gasteiger partial charge is 0.122 e. The van der Waals surface area contributed by atoms with Crippen molar-refractivity contribution in [2.75, 3.05) is 38.2 Å². The first kappa shape index (κ1) is 20.3. The summed E-state index contributed by atoms with van der Waals surface area (Å²) in [6, 6.07) is 18.4. The number of nitrogens with one attached hydrogen (secondary N) is 1. The Labute approximate surface area is 157 Å². The molecule has 0 aromatic heterocycles. The third-order valence-corrected chi connectivity index (χ3v) is 4.40. The average molecular weight is 357 g/mol. The van der Waals surface area contributed by atoms with E-state index in [1.165, 1.54) is 11.3 Å². The van der Waals surface area contributed by atoms with Crippen LogP contribution in [0.25, 0.3) is 0 Å². The Hall–Kier alpha value is -2.04. The molecule has 0 spiro atoms. The predicted molar refractivity (Wildman–Crippen MR) is 109 cm³/mol. The number of aliphatic hydroxyl groups is 1. The first-order chi connectivity index (χ1) is 12.6. The predicted octanol–water partition coefficient (Wildman–Crippen LogP) is 3.67. The molecule has 0 bridgehead atoms. The summed E-state index contributed by atoms with van der Waals surface area (Å²) in [6.45, 7) is 6.99. The van der Waals surface area contributed by atoms with Crippen molar-refractivity contribution >= 4 is 5.69 Å². The Morgan fingerprint density at radius 1 is 1.04 bits per heavy atom. The maximum Gasteiger partial charge on any atom is 0.122 e. The number of anilines is 1. The van der Waals surface area contributed by atoms with Crippen molar-refractivity contribution in [3.8, 4) is 5.75 Å². The van der Waals surface area contributed by atoms with Crippen molar-refractivity contribution in [2.24, 2.45) is 0 Å². The van der Waals surface area contributed by atoms with Crippen molar-refractivity contribution < 1.29 is 9.84 Å². The summed E-state index contributed by atoms with van der Waals surface area (Å²) < 4.78 is 5.82. The zero-order valence-corrected chi connectivity index (χ0v) is 16.2. The molecular formula is C22H32N2O2. The number of ether oxygens (including phenoxy) is 1. The van der Waals surface area contributed by atoms with Crippen LogP contribution < -0.4 is 15.0 Å². The summed E-state index contributed by atoms with van der Waals surface area (Å²) in [4.78, 5) is 2.24. The summed E-state index contributed by atoms with van der Waals surface area (Å²) in [5, 5.41) is 13.4. The zero-order valence-electron chi connectivity index (χ0n) is 16.2. The molecule has 2 rings (SSSR count). The van der Waals surface area contributed by atoms with Gasteiger partial charge in [0.25, 0.3) is 0 Å². The van der Waals surface area contributed by atoms with E-state index in [-0.39, 0.29) is 0 Å². The van der Waals surface area contributed by atoms with Gasteiger partial charge in [-0.2, -0.15) is 0 Å². The molecule has 0 aliphatic heterocycles. The Kier molecular flexibility index (Phi) is 8.45. The topological polar surface area (TPSA) is 44.7 Å². The second-order valence-corrected chi connectivity index (χ2v) is 6.97. The fourth-order valence-electron chi connectivity index (χ4n) is 2.86. The molecule has 2 N–H and O–H groups in total. The third-order valence-electron chi connectivity index (χ3n) is 4.40. The molecule has 0 radical (unpaired) electrons. The van der Waals surface area contributed by atoms with Crippen LogP contribution >= 0.6 is 0 Å². The van der Waals surface area contributed by atoms with Crippen LogP contribution in [0.3, 0.4) is 0 Å². The van der Waals surface area contributed by atoms with Crippen LogP contribution in [0.1, 0.15) is 31.7 Å². The molecule has 0 aliphatic rings. The minimum absolute atomic E-state index is 0.306. The molecule has 0 saturated carbocycles. The monoisotopic (exact) mass is 356 g/mol. The standard InChI is InChI=1S/C22H32N2O2/c1-18(2)21-12-7-8-13-22(21)26-17-20(25)16-23-14-9-15-24(3)19-10-5-4-6-11-19/h4-8,10-13,18,20,23,25H,9,14-17H2,1-3H3/t20-/m1/s1. The molecule has 2 aromatic carbocycles. The number of aliphatic hydroxyl groups excluding tert-OH is 1. The number of para-hydroxylation sites is 2. The van der Waals surface area contributed by atoms with E-state index < -0.39 is 6.10 Å². The zero-order chi connectivity index (χ0) is 18.8. The quantitative estimate of drug-likeness (QED) is 0.603. The SMILES string of the molecule is CC(C)c1ccccc1OC[C@H](O)CNCCCN(C)c1ccccc1. The van der Waals surface area contributed by atoms with Crippen molar-refractivity contribution in [1.29, 1.82) is 0 Å². The largest absolute Gasteiger partial charge is 0.491 e. The van der Waals surface area contributed by atoms with Crippen LogP contribution in [0.15, 0.2) is 54.6 Å². The summed E-state index contributed by atoms with van der Waals surface area (Å²) >= 11 is 0. The van der Waals surface area contributed by atoms with E-state index in [0.717, 1.165) is 25.3 Å². The van der Waals surface area contributed by atoms with E-state index in [0.29, 0.717) is 19.1 Å². The minimum atomic E-state index is -0.512. The Morgan fingerprint density at radius 3 is 2.46 bits per heavy atom. The minimum Gasteiger partial charge on any atom is -0.491 e. The number of rotatable bonds is 11. The van der Waals surface area contributed by atoms with Gasteiger partial charge in [-0.15, -0.1) is 0 Å². The fraction of sp³-hybridized carbons (Fsp3) is 0.455. The van der Waals surface area contributed by atoms with E-state index in [4.69, 9.17) is 4.74 Å². The van der Waals surface area contributed by atoms with Gasteiger partial charge in [0, 0.05) is 25.8 Å². The average Bonchev–Trinajstić information content (AvgIpc) is 2.66. The van der Waals surface area contributed by atoms with Gasteiger partial charge < -0.3 is 20.1 Å². The van der Waals surface area contributed by atoms with Gasteiger partial charge in [0.1, 0.15) is 18.5 Å². The van der Waals surface area contributed by atoms with Gasteiger partial charge in [-0.3, -0.25) is 0 Å². The van der Waals surface area contributed by atoms with Crippen LogP contribution in [-0.4, -0.2) is 44.5 Å². The van der Waals surface area contributed by atoms with Crippen molar-refractivity contribution in [2.45, 2.75) is 32.3 Å². The number of hydrogen-bond acceptors (Lipinski definition) is 4. The lowest BCUT2D eigenvalue weighted by atomic mass is 10.0. The molecule has 4 nitrogen and oxygen atoms in total. The Morgan fingerprint density at radius 2 is 1.73 bits per heavy atom. The molecule has 2 aromatic rings. The molecule has 1 atom stereocenters. The van der Waals surface area contributed by atoms with Crippen LogP contribution in [0.5, 0.6) is 5.75 Å². The van der Waals surface area contributed by atoms with E-state index in [1.54, 1.807) is 0 Å². The maximum atomic E-state index is 10.1. The second-order valence-electron chi connectivity index (χ2n) is 6.97. The molecule has 0 saturated heterocycles. The highest BCUT2D eigenvalue weighted by molar-refractivity contribution is 5.44. The van der Waals surface area contributed by atoms with E-state index in [1.807, 2.05) is 24.3 Å². The highest BCUT2D eigenvalue weighted by Gasteiger charge is 2.10. The lowest BCUT2D eigenvalue weighted by Gasteiger charge is -2.20. The summed E-state index contributed by atoms with van der Waals surface area (Å²) in [5.41, 5.74) is 2.40. The van der Waals surface area contributed by atoms with E-state index in [2.05, 4.69) is 61.4 Å². The molecule has 0 aliphatic carbocycles. The molecule has 4 heteroatoms. The van der Waals surface area contributed by atoms with Crippen molar-refractivity contribution in [1.82, 2.24) is 5.32 Å². The highest BCUT2D eigenvalue weighted by atomic mass is 16.5. The molecule has 0 heterocycles. The fourth-order valence-corrected chi connectivity index (χ4v) is 2.86. The number of nitrogens with zero attached hydrogens (tertiary/aromatic N) is 1. The van der Waals surface area contributed by atoms with Crippen LogP contribution in [0.4, 0.5) is 5.69 Å². The van der Waals surface area contributed by atoms with Crippen molar-refractivity contribution in [3.05, 3.63) is 60.2 Å². The summed E-state index contributed by atoms with van der Waals surface area (Å²) in [5.74, 6) is 1.27. The summed E-state index contributed by atoms with van der Waals surface area (Å²) in [7, 11) is 2.10. The maximum absolute atomic E-state index is 10.1. The first-order valence-electron chi connectivity index (χ1n) is 9.44. The summed E-state index contributed by atoms with van der Waals surface area (Å²) in [6.07, 6.45) is 0.511. The van der Waals surface area contributed by atoms with Gasteiger partial charge in [0.05, 0.1) is 0 Å². The molecule has 0 amide bonds. The number of benzene rings is 2.